The van der Waals surface area contributed by atoms with Gasteiger partial charge >= 0.3 is 0 Å². The number of nitrogens with one attached hydrogen (secondary N) is 1. The Morgan fingerprint density at radius 3 is 2.54 bits per heavy atom. The zero-order valence-corrected chi connectivity index (χ0v) is 16.4. The quantitative estimate of drug-likeness (QED) is 0.690. The van der Waals surface area contributed by atoms with Crippen molar-refractivity contribution in [1.82, 2.24) is 9.62 Å². The third-order valence-corrected chi connectivity index (χ3v) is 6.46. The standard InChI is InChI=1S/C17H34N2O4S/c1-5-12-24(22,23)19-11-7-6-8-15(19)16(21)18-14(13-20)9-10-17(2,3)4/h14-15,20H,5-13H2,1-4H3,(H,18,21)/t14-,15+/m0/s1. The van der Waals surface area contributed by atoms with Crippen molar-refractivity contribution in [3.8, 4) is 0 Å². The van der Waals surface area contributed by atoms with Crippen molar-refractivity contribution in [2.24, 2.45) is 5.41 Å². The third kappa shape index (κ3) is 6.69. The maximum Gasteiger partial charge on any atom is 0.238 e. The van der Waals surface area contributed by atoms with Crippen LogP contribution in [0.1, 0.15) is 66.2 Å². The van der Waals surface area contributed by atoms with Crippen LogP contribution in [0.15, 0.2) is 0 Å². The fourth-order valence-electron chi connectivity index (χ4n) is 2.99. The van der Waals surface area contributed by atoms with Crippen LogP contribution in [0.4, 0.5) is 0 Å². The summed E-state index contributed by atoms with van der Waals surface area (Å²) in [6.07, 6.45) is 4.29. The number of sulfonamides is 1. The van der Waals surface area contributed by atoms with Crippen LogP contribution in [0.2, 0.25) is 0 Å². The van der Waals surface area contributed by atoms with Gasteiger partial charge in [0.15, 0.2) is 0 Å². The minimum absolute atomic E-state index is 0.0736. The van der Waals surface area contributed by atoms with E-state index >= 15 is 0 Å². The second-order valence-corrected chi connectivity index (χ2v) is 9.97. The molecule has 1 aliphatic rings. The SMILES string of the molecule is CCCS(=O)(=O)N1CCCC[C@@H]1C(=O)N[C@H](CO)CCC(C)(C)C. The largest absolute Gasteiger partial charge is 0.394 e. The second kappa shape index (κ2) is 9.15. The molecule has 1 saturated heterocycles. The summed E-state index contributed by atoms with van der Waals surface area (Å²) in [6, 6.07) is -0.964. The summed E-state index contributed by atoms with van der Waals surface area (Å²) < 4.78 is 26.2. The topological polar surface area (TPSA) is 86.7 Å². The number of hydrogen-bond donors (Lipinski definition) is 2. The molecule has 24 heavy (non-hydrogen) atoms. The molecule has 0 aromatic heterocycles. The van der Waals surface area contributed by atoms with Crippen LogP contribution < -0.4 is 5.32 Å². The van der Waals surface area contributed by atoms with Gasteiger partial charge in [0.25, 0.3) is 0 Å². The van der Waals surface area contributed by atoms with E-state index < -0.39 is 16.1 Å². The lowest BCUT2D eigenvalue weighted by Crippen LogP contribution is -2.54. The van der Waals surface area contributed by atoms with Gasteiger partial charge in [-0.25, -0.2) is 8.42 Å². The van der Waals surface area contributed by atoms with Crippen molar-refractivity contribution in [1.29, 1.82) is 0 Å². The molecule has 0 saturated carbocycles. The number of aliphatic hydroxyl groups excluding tert-OH is 1. The average Bonchev–Trinajstić information content (AvgIpc) is 2.50. The van der Waals surface area contributed by atoms with E-state index in [1.54, 1.807) is 0 Å². The number of carbonyl (C=O) groups is 1. The molecule has 0 unspecified atom stereocenters. The molecular formula is C17H34N2O4S. The lowest BCUT2D eigenvalue weighted by molar-refractivity contribution is -0.126. The molecule has 0 bridgehead atoms. The lowest BCUT2D eigenvalue weighted by atomic mass is 9.88. The smallest absolute Gasteiger partial charge is 0.238 e. The van der Waals surface area contributed by atoms with Crippen LogP contribution >= 0.6 is 0 Å². The van der Waals surface area contributed by atoms with Gasteiger partial charge in [0.05, 0.1) is 18.4 Å². The highest BCUT2D eigenvalue weighted by Gasteiger charge is 2.36. The van der Waals surface area contributed by atoms with Crippen LogP contribution in [-0.4, -0.2) is 54.7 Å². The van der Waals surface area contributed by atoms with E-state index in [0.717, 1.165) is 19.3 Å². The van der Waals surface area contributed by atoms with Crippen LogP contribution in [0.25, 0.3) is 0 Å². The van der Waals surface area contributed by atoms with E-state index in [1.165, 1.54) is 4.31 Å². The van der Waals surface area contributed by atoms with Crippen molar-refractivity contribution in [3.63, 3.8) is 0 Å². The van der Waals surface area contributed by atoms with Crippen molar-refractivity contribution >= 4 is 15.9 Å². The number of hydrogen-bond acceptors (Lipinski definition) is 4. The third-order valence-electron chi connectivity index (χ3n) is 4.39. The highest BCUT2D eigenvalue weighted by molar-refractivity contribution is 7.89. The minimum Gasteiger partial charge on any atom is -0.394 e. The van der Waals surface area contributed by atoms with Gasteiger partial charge in [-0.2, -0.15) is 4.31 Å². The molecule has 1 amide bonds. The second-order valence-electron chi connectivity index (χ2n) is 7.93. The zero-order valence-electron chi connectivity index (χ0n) is 15.5. The molecule has 0 aromatic carbocycles. The molecule has 6 nitrogen and oxygen atoms in total. The Hall–Kier alpha value is -0.660. The van der Waals surface area contributed by atoms with E-state index in [0.29, 0.717) is 25.8 Å². The minimum atomic E-state index is -3.40. The Balaban J connectivity index is 2.75. The molecule has 2 N–H and O–H groups in total. The summed E-state index contributed by atoms with van der Waals surface area (Å²) in [5.41, 5.74) is 0.124. The molecule has 1 rings (SSSR count). The van der Waals surface area contributed by atoms with Gasteiger partial charge in [0.1, 0.15) is 6.04 Å². The first-order chi connectivity index (χ1) is 11.1. The average molecular weight is 363 g/mol. The van der Waals surface area contributed by atoms with E-state index in [2.05, 4.69) is 26.1 Å². The molecule has 1 fully saturated rings. The first-order valence-electron chi connectivity index (χ1n) is 9.01. The number of aliphatic hydroxyl groups is 1. The van der Waals surface area contributed by atoms with Crippen molar-refractivity contribution in [2.75, 3.05) is 18.9 Å². The molecule has 1 heterocycles. The number of nitrogens with zero attached hydrogens (tertiary/aromatic N) is 1. The number of rotatable bonds is 8. The fraction of sp³-hybridized carbons (Fsp3) is 0.941. The molecule has 0 aromatic rings. The molecule has 142 valence electrons. The molecule has 0 radical (unpaired) electrons. The predicted octanol–water partition coefficient (Wildman–Crippen LogP) is 1.88. The molecule has 2 atom stereocenters. The predicted molar refractivity (Wildman–Crippen MR) is 96.1 cm³/mol. The molecule has 1 aliphatic heterocycles. The van der Waals surface area contributed by atoms with Gasteiger partial charge in [0, 0.05) is 6.54 Å². The first kappa shape index (κ1) is 21.4. The van der Waals surface area contributed by atoms with Crippen molar-refractivity contribution < 1.29 is 18.3 Å². The summed E-state index contributed by atoms with van der Waals surface area (Å²) in [5.74, 6) is -0.202. The Morgan fingerprint density at radius 1 is 1.33 bits per heavy atom. The highest BCUT2D eigenvalue weighted by atomic mass is 32.2. The summed E-state index contributed by atoms with van der Waals surface area (Å²) in [5, 5.41) is 12.4. The Bertz CT molecular complexity index is 499. The van der Waals surface area contributed by atoms with Gasteiger partial charge in [-0.05, 0) is 37.5 Å². The fourth-order valence-corrected chi connectivity index (χ4v) is 4.74. The lowest BCUT2D eigenvalue weighted by Gasteiger charge is -2.34. The maximum absolute atomic E-state index is 12.6. The van der Waals surface area contributed by atoms with Gasteiger partial charge < -0.3 is 10.4 Å². The van der Waals surface area contributed by atoms with E-state index in [4.69, 9.17) is 0 Å². The van der Waals surface area contributed by atoms with E-state index in [1.807, 2.05) is 6.92 Å². The first-order valence-corrected chi connectivity index (χ1v) is 10.6. The summed E-state index contributed by atoms with van der Waals surface area (Å²) >= 11 is 0. The molecular weight excluding hydrogens is 328 g/mol. The van der Waals surface area contributed by atoms with Crippen molar-refractivity contribution in [2.45, 2.75) is 78.3 Å². The van der Waals surface area contributed by atoms with E-state index in [-0.39, 0.29) is 29.7 Å². The van der Waals surface area contributed by atoms with Gasteiger partial charge in [0.2, 0.25) is 15.9 Å². The number of amides is 1. The van der Waals surface area contributed by atoms with Gasteiger partial charge in [-0.15, -0.1) is 0 Å². The molecule has 7 heteroatoms. The van der Waals surface area contributed by atoms with E-state index in [9.17, 15) is 18.3 Å². The summed E-state index contributed by atoms with van der Waals surface area (Å²) in [6.45, 7) is 8.45. The number of carbonyl (C=O) groups excluding carboxylic acids is 1. The zero-order chi connectivity index (χ0) is 18.4. The van der Waals surface area contributed by atoms with Crippen molar-refractivity contribution in [3.05, 3.63) is 0 Å². The normalized spacial score (nSPS) is 21.5. The summed E-state index contributed by atoms with van der Waals surface area (Å²) in [4.78, 5) is 12.6. The molecule has 0 aliphatic carbocycles. The van der Waals surface area contributed by atoms with Crippen LogP contribution in [0.3, 0.4) is 0 Å². The van der Waals surface area contributed by atoms with Gasteiger partial charge in [-0.1, -0.05) is 34.1 Å². The number of piperidine rings is 1. The van der Waals surface area contributed by atoms with Crippen LogP contribution in [0.5, 0.6) is 0 Å². The van der Waals surface area contributed by atoms with Crippen LogP contribution in [-0.2, 0) is 14.8 Å². The highest BCUT2D eigenvalue weighted by Crippen LogP contribution is 2.23. The summed E-state index contributed by atoms with van der Waals surface area (Å²) in [7, 11) is -3.40. The Kier molecular flexibility index (Phi) is 8.15. The van der Waals surface area contributed by atoms with Gasteiger partial charge in [-0.3, -0.25) is 4.79 Å². The monoisotopic (exact) mass is 362 g/mol. The maximum atomic E-state index is 12.6. The Morgan fingerprint density at radius 2 is 2.00 bits per heavy atom. The Labute approximate surface area is 147 Å². The molecule has 0 spiro atoms. The van der Waals surface area contributed by atoms with Crippen LogP contribution in [0, 0.1) is 5.41 Å².